The largest absolute Gasteiger partial charge is 0.494 e. The molecule has 0 atom stereocenters. The first-order valence-corrected chi connectivity index (χ1v) is 3.63. The van der Waals surface area contributed by atoms with Crippen molar-refractivity contribution in [2.24, 2.45) is 0 Å². The fourth-order valence-corrected chi connectivity index (χ4v) is 0.835. The number of hydrogen-bond donors (Lipinski definition) is 0. The van der Waals surface area contributed by atoms with E-state index in [0.717, 1.165) is 11.3 Å². The van der Waals surface area contributed by atoms with E-state index in [9.17, 15) is 0 Å². The van der Waals surface area contributed by atoms with Crippen LogP contribution in [0.1, 0.15) is 12.5 Å². The van der Waals surface area contributed by atoms with Crippen molar-refractivity contribution in [3.63, 3.8) is 0 Å². The van der Waals surface area contributed by atoms with Gasteiger partial charge >= 0.3 is 0 Å². The Bertz CT molecular complexity index is 240. The molecule has 1 nitrogen and oxygen atoms in total. The standard InChI is InChI=1S/C10H11O/c1-3-9-6-5-7-10(8-9)11-4-2/h3,6-8H,1,4H2,2H3. The normalized spacial score (nSPS) is 9.18. The Morgan fingerprint density at radius 1 is 1.64 bits per heavy atom. The van der Waals surface area contributed by atoms with Gasteiger partial charge in [0.1, 0.15) is 5.75 Å². The molecular weight excluding hydrogens is 136 g/mol. The average Bonchev–Trinajstić information content (AvgIpc) is 2.06. The van der Waals surface area contributed by atoms with E-state index in [1.165, 1.54) is 0 Å². The maximum Gasteiger partial charge on any atom is 0.120 e. The second-order valence-corrected chi connectivity index (χ2v) is 2.14. The maximum absolute atomic E-state index is 5.27. The van der Waals surface area contributed by atoms with Crippen LogP contribution >= 0.6 is 0 Å². The molecule has 0 aliphatic rings. The first-order chi connectivity index (χ1) is 5.36. The van der Waals surface area contributed by atoms with Gasteiger partial charge in [-0.15, -0.1) is 0 Å². The molecule has 0 N–H and O–H groups in total. The molecule has 0 spiro atoms. The second-order valence-electron chi connectivity index (χ2n) is 2.14. The number of ether oxygens (including phenoxy) is 1. The molecule has 1 heteroatoms. The molecule has 1 aromatic carbocycles. The molecule has 57 valence electrons. The van der Waals surface area contributed by atoms with Crippen LogP contribution in [0.25, 0.3) is 6.08 Å². The summed E-state index contributed by atoms with van der Waals surface area (Å²) in [6, 6.07) is 8.59. The van der Waals surface area contributed by atoms with E-state index in [0.29, 0.717) is 6.61 Å². The van der Waals surface area contributed by atoms with Crippen molar-refractivity contribution in [3.8, 4) is 5.75 Å². The molecule has 0 saturated carbocycles. The topological polar surface area (TPSA) is 9.23 Å². The molecule has 0 aliphatic carbocycles. The molecule has 0 heterocycles. The van der Waals surface area contributed by atoms with E-state index in [1.54, 1.807) is 6.08 Å². The van der Waals surface area contributed by atoms with Crippen LogP contribution in [0.2, 0.25) is 0 Å². The summed E-state index contributed by atoms with van der Waals surface area (Å²) >= 11 is 0. The van der Waals surface area contributed by atoms with Gasteiger partial charge in [-0.05, 0) is 36.8 Å². The molecule has 0 aliphatic heterocycles. The summed E-state index contributed by atoms with van der Waals surface area (Å²) in [5.74, 6) is 0.852. The maximum atomic E-state index is 5.27. The van der Waals surface area contributed by atoms with Crippen molar-refractivity contribution in [3.05, 3.63) is 36.4 Å². The molecule has 0 fully saturated rings. The Hall–Kier alpha value is -1.24. The van der Waals surface area contributed by atoms with E-state index >= 15 is 0 Å². The lowest BCUT2D eigenvalue weighted by Gasteiger charge is -2.01. The lowest BCUT2D eigenvalue weighted by atomic mass is 10.2. The Labute approximate surface area is 67.3 Å². The van der Waals surface area contributed by atoms with Crippen LogP contribution in [0.5, 0.6) is 5.75 Å². The lowest BCUT2D eigenvalue weighted by molar-refractivity contribution is 0.340. The SMILES string of the molecule is C=Cc1c[c]cc(OCC)c1. The molecule has 0 aromatic heterocycles. The van der Waals surface area contributed by atoms with Gasteiger partial charge in [0.2, 0.25) is 0 Å². The monoisotopic (exact) mass is 147 g/mol. The zero-order valence-electron chi connectivity index (χ0n) is 6.63. The summed E-state index contributed by atoms with van der Waals surface area (Å²) in [5, 5.41) is 0. The molecular formula is C10H11O. The summed E-state index contributed by atoms with van der Waals surface area (Å²) in [6.07, 6.45) is 1.78. The fourth-order valence-electron chi connectivity index (χ4n) is 0.835. The van der Waals surface area contributed by atoms with Gasteiger partial charge in [-0.3, -0.25) is 0 Å². The zero-order valence-corrected chi connectivity index (χ0v) is 6.63. The summed E-state index contributed by atoms with van der Waals surface area (Å²) in [4.78, 5) is 0. The van der Waals surface area contributed by atoms with Gasteiger partial charge in [-0.25, -0.2) is 0 Å². The lowest BCUT2D eigenvalue weighted by Crippen LogP contribution is -1.90. The second kappa shape index (κ2) is 3.81. The summed E-state index contributed by atoms with van der Waals surface area (Å²) in [7, 11) is 0. The Kier molecular flexibility index (Phi) is 2.73. The first kappa shape index (κ1) is 7.86. The summed E-state index contributed by atoms with van der Waals surface area (Å²) in [6.45, 7) is 6.30. The summed E-state index contributed by atoms with van der Waals surface area (Å²) < 4.78 is 5.27. The highest BCUT2D eigenvalue weighted by Crippen LogP contribution is 2.12. The quantitative estimate of drug-likeness (QED) is 0.638. The molecule has 0 amide bonds. The highest BCUT2D eigenvalue weighted by atomic mass is 16.5. The van der Waals surface area contributed by atoms with Crippen molar-refractivity contribution in [1.82, 2.24) is 0 Å². The number of hydrogen-bond acceptors (Lipinski definition) is 1. The van der Waals surface area contributed by atoms with Crippen molar-refractivity contribution < 1.29 is 4.74 Å². The highest BCUT2D eigenvalue weighted by molar-refractivity contribution is 5.49. The third kappa shape index (κ3) is 2.11. The minimum atomic E-state index is 0.689. The third-order valence-electron chi connectivity index (χ3n) is 1.33. The molecule has 0 bridgehead atoms. The third-order valence-corrected chi connectivity index (χ3v) is 1.33. The molecule has 11 heavy (non-hydrogen) atoms. The Morgan fingerprint density at radius 2 is 2.45 bits per heavy atom. The van der Waals surface area contributed by atoms with Gasteiger partial charge in [-0.1, -0.05) is 12.7 Å². The smallest absolute Gasteiger partial charge is 0.120 e. The van der Waals surface area contributed by atoms with Gasteiger partial charge in [0.15, 0.2) is 0 Å². The van der Waals surface area contributed by atoms with Crippen molar-refractivity contribution in [1.29, 1.82) is 0 Å². The van der Waals surface area contributed by atoms with Crippen LogP contribution < -0.4 is 4.74 Å². The van der Waals surface area contributed by atoms with Gasteiger partial charge in [0.05, 0.1) is 6.61 Å². The van der Waals surface area contributed by atoms with Crippen LogP contribution in [0.4, 0.5) is 0 Å². The molecule has 1 radical (unpaired) electrons. The average molecular weight is 147 g/mol. The minimum absolute atomic E-state index is 0.689. The number of benzene rings is 1. The zero-order chi connectivity index (χ0) is 8.10. The predicted octanol–water partition coefficient (Wildman–Crippen LogP) is 2.53. The highest BCUT2D eigenvalue weighted by Gasteiger charge is 1.90. The fraction of sp³-hybridized carbons (Fsp3) is 0.200. The van der Waals surface area contributed by atoms with Gasteiger partial charge in [-0.2, -0.15) is 0 Å². The van der Waals surface area contributed by atoms with E-state index in [4.69, 9.17) is 4.74 Å². The Morgan fingerprint density at radius 3 is 3.09 bits per heavy atom. The van der Waals surface area contributed by atoms with Crippen LogP contribution in [0.3, 0.4) is 0 Å². The van der Waals surface area contributed by atoms with Crippen LogP contribution in [-0.4, -0.2) is 6.61 Å². The van der Waals surface area contributed by atoms with Crippen molar-refractivity contribution >= 4 is 6.08 Å². The van der Waals surface area contributed by atoms with Crippen molar-refractivity contribution in [2.45, 2.75) is 6.92 Å². The Balaban J connectivity index is 2.82. The van der Waals surface area contributed by atoms with Gasteiger partial charge in [0.25, 0.3) is 0 Å². The van der Waals surface area contributed by atoms with E-state index in [-0.39, 0.29) is 0 Å². The van der Waals surface area contributed by atoms with E-state index in [1.807, 2.05) is 25.1 Å². The molecule has 1 aromatic rings. The molecule has 0 unspecified atom stereocenters. The minimum Gasteiger partial charge on any atom is -0.494 e. The van der Waals surface area contributed by atoms with Crippen molar-refractivity contribution in [2.75, 3.05) is 6.61 Å². The first-order valence-electron chi connectivity index (χ1n) is 3.63. The van der Waals surface area contributed by atoms with Crippen LogP contribution in [-0.2, 0) is 0 Å². The number of rotatable bonds is 3. The van der Waals surface area contributed by atoms with Gasteiger partial charge in [0, 0.05) is 0 Å². The van der Waals surface area contributed by atoms with E-state index in [2.05, 4.69) is 12.6 Å². The van der Waals surface area contributed by atoms with Crippen LogP contribution in [0.15, 0.2) is 24.8 Å². The summed E-state index contributed by atoms with van der Waals surface area (Å²) in [5.41, 5.74) is 1.04. The van der Waals surface area contributed by atoms with Crippen LogP contribution in [0, 0.1) is 6.07 Å². The van der Waals surface area contributed by atoms with E-state index < -0.39 is 0 Å². The van der Waals surface area contributed by atoms with Gasteiger partial charge < -0.3 is 4.74 Å². The molecule has 0 saturated heterocycles. The predicted molar refractivity (Wildman–Crippen MR) is 46.5 cm³/mol. The molecule has 1 rings (SSSR count).